The van der Waals surface area contributed by atoms with E-state index in [4.69, 9.17) is 33.3 Å². The highest BCUT2D eigenvalue weighted by Crippen LogP contribution is 2.36. The molecule has 1 heterocycles. The fraction of sp³-hybridized carbons (Fsp3) is 0.105. The number of halogens is 1. The Morgan fingerprint density at radius 3 is 2.44 bits per heavy atom. The first-order valence-corrected chi connectivity index (χ1v) is 8.63. The molecule has 0 bridgehead atoms. The van der Waals surface area contributed by atoms with Crippen LogP contribution in [0.4, 0.5) is 5.69 Å². The molecule has 0 aliphatic carbocycles. The van der Waals surface area contributed by atoms with Crippen LogP contribution in [-0.4, -0.2) is 31.1 Å². The molecule has 0 atom stereocenters. The van der Waals surface area contributed by atoms with Crippen molar-refractivity contribution in [3.05, 3.63) is 58.6 Å². The van der Waals surface area contributed by atoms with E-state index in [1.807, 2.05) is 6.07 Å². The van der Waals surface area contributed by atoms with E-state index in [2.05, 4.69) is 5.32 Å². The molecule has 2 aromatic rings. The lowest BCUT2D eigenvalue weighted by Crippen LogP contribution is -2.54. The Kier molecular flexibility index (Phi) is 5.43. The van der Waals surface area contributed by atoms with Gasteiger partial charge in [-0.15, -0.1) is 0 Å². The number of rotatable bonds is 4. The Labute approximate surface area is 166 Å². The maximum Gasteiger partial charge on any atom is 0.270 e. The number of amides is 2. The summed E-state index contributed by atoms with van der Waals surface area (Å²) in [5, 5.41) is 2.86. The van der Waals surface area contributed by atoms with E-state index in [0.29, 0.717) is 27.8 Å². The number of carbonyl (C=O) groups is 2. The smallest absolute Gasteiger partial charge is 0.270 e. The highest BCUT2D eigenvalue weighted by molar-refractivity contribution is 7.80. The highest BCUT2D eigenvalue weighted by atomic mass is 35.5. The van der Waals surface area contributed by atoms with Crippen molar-refractivity contribution in [3.63, 3.8) is 0 Å². The molecule has 3 rings (SSSR count). The van der Waals surface area contributed by atoms with Gasteiger partial charge in [-0.2, -0.15) is 0 Å². The molecule has 8 heteroatoms. The largest absolute Gasteiger partial charge is 0.493 e. The molecule has 0 radical (unpaired) electrons. The molecule has 0 spiro atoms. The molecule has 1 saturated heterocycles. The predicted octanol–water partition coefficient (Wildman–Crippen LogP) is 3.19. The summed E-state index contributed by atoms with van der Waals surface area (Å²) in [5.74, 6) is -0.354. The topological polar surface area (TPSA) is 67.9 Å². The SMILES string of the molecule is COc1cc(/C=C2/C(=O)NC(=S)N(c3ccccc3)C2=O)cc(Cl)c1OC. The standard InChI is InChI=1S/C19H15ClN2O4S/c1-25-15-10-11(9-14(20)16(15)26-2)8-13-17(23)21-19(27)22(18(13)24)12-6-4-3-5-7-12/h3-10H,1-2H3,(H,21,23,27)/b13-8-. The number of para-hydroxylation sites is 1. The molecule has 2 aromatic carbocycles. The van der Waals surface area contributed by atoms with Gasteiger partial charge in [0.1, 0.15) is 5.57 Å². The third-order valence-electron chi connectivity index (χ3n) is 3.88. The fourth-order valence-electron chi connectivity index (χ4n) is 2.66. The first kappa shape index (κ1) is 18.9. The van der Waals surface area contributed by atoms with Crippen LogP contribution in [0.3, 0.4) is 0 Å². The predicted molar refractivity (Wildman–Crippen MR) is 107 cm³/mol. The Balaban J connectivity index is 2.05. The minimum Gasteiger partial charge on any atom is -0.493 e. The van der Waals surface area contributed by atoms with E-state index in [9.17, 15) is 9.59 Å². The zero-order valence-electron chi connectivity index (χ0n) is 14.5. The van der Waals surface area contributed by atoms with Gasteiger partial charge in [0, 0.05) is 0 Å². The molecular weight excluding hydrogens is 388 g/mol. The van der Waals surface area contributed by atoms with E-state index < -0.39 is 11.8 Å². The van der Waals surface area contributed by atoms with Crippen molar-refractivity contribution in [2.24, 2.45) is 0 Å². The second-order valence-corrected chi connectivity index (χ2v) is 6.33. The van der Waals surface area contributed by atoms with Crippen molar-refractivity contribution < 1.29 is 19.1 Å². The summed E-state index contributed by atoms with van der Waals surface area (Å²) in [4.78, 5) is 26.6. The van der Waals surface area contributed by atoms with Gasteiger partial charge in [0.2, 0.25) is 0 Å². The molecule has 138 valence electrons. The molecule has 2 amide bonds. The normalized spacial score (nSPS) is 15.7. The number of carbonyl (C=O) groups excluding carboxylic acids is 2. The van der Waals surface area contributed by atoms with E-state index in [-0.39, 0.29) is 10.7 Å². The Hall–Kier alpha value is -2.90. The third-order valence-corrected chi connectivity index (χ3v) is 4.45. The van der Waals surface area contributed by atoms with Gasteiger partial charge in [-0.1, -0.05) is 29.8 Å². The van der Waals surface area contributed by atoms with E-state index in [0.717, 1.165) is 0 Å². The van der Waals surface area contributed by atoms with Crippen molar-refractivity contribution >= 4 is 52.5 Å². The van der Waals surface area contributed by atoms with Gasteiger partial charge in [0.05, 0.1) is 24.9 Å². The minimum atomic E-state index is -0.580. The Morgan fingerprint density at radius 1 is 1.11 bits per heavy atom. The second kappa shape index (κ2) is 7.77. The molecule has 1 fully saturated rings. The van der Waals surface area contributed by atoms with Gasteiger partial charge in [0.15, 0.2) is 16.6 Å². The summed E-state index contributed by atoms with van der Waals surface area (Å²) in [6.07, 6.45) is 1.43. The molecule has 6 nitrogen and oxygen atoms in total. The van der Waals surface area contributed by atoms with Gasteiger partial charge in [-0.3, -0.25) is 19.8 Å². The number of hydrogen-bond acceptors (Lipinski definition) is 5. The first-order valence-electron chi connectivity index (χ1n) is 7.84. The quantitative estimate of drug-likeness (QED) is 0.483. The van der Waals surface area contributed by atoms with Crippen molar-refractivity contribution in [2.75, 3.05) is 19.1 Å². The molecule has 0 aromatic heterocycles. The molecular formula is C19H15ClN2O4S. The Bertz CT molecular complexity index is 960. The van der Waals surface area contributed by atoms with Gasteiger partial charge < -0.3 is 9.47 Å². The lowest BCUT2D eigenvalue weighted by molar-refractivity contribution is -0.122. The molecule has 0 unspecified atom stereocenters. The Morgan fingerprint density at radius 2 is 1.81 bits per heavy atom. The van der Waals surface area contributed by atoms with Gasteiger partial charge in [-0.05, 0) is 48.1 Å². The molecule has 1 aliphatic rings. The van der Waals surface area contributed by atoms with Crippen molar-refractivity contribution in [3.8, 4) is 11.5 Å². The van der Waals surface area contributed by atoms with Gasteiger partial charge >= 0.3 is 0 Å². The summed E-state index contributed by atoms with van der Waals surface area (Å²) in [6, 6.07) is 12.0. The lowest BCUT2D eigenvalue weighted by atomic mass is 10.1. The summed E-state index contributed by atoms with van der Waals surface area (Å²) in [7, 11) is 2.94. The second-order valence-electron chi connectivity index (χ2n) is 5.53. The van der Waals surface area contributed by atoms with E-state index in [1.54, 1.807) is 36.4 Å². The highest BCUT2D eigenvalue weighted by Gasteiger charge is 2.34. The van der Waals surface area contributed by atoms with Gasteiger partial charge in [0.25, 0.3) is 11.8 Å². The molecule has 0 saturated carbocycles. The fourth-order valence-corrected chi connectivity index (χ4v) is 3.23. The van der Waals surface area contributed by atoms with Crippen LogP contribution in [0.15, 0.2) is 48.0 Å². The van der Waals surface area contributed by atoms with Crippen molar-refractivity contribution in [1.29, 1.82) is 0 Å². The van der Waals surface area contributed by atoms with Crippen LogP contribution >= 0.6 is 23.8 Å². The van der Waals surface area contributed by atoms with Crippen molar-refractivity contribution in [2.45, 2.75) is 0 Å². The summed E-state index contributed by atoms with van der Waals surface area (Å²) in [6.45, 7) is 0. The third kappa shape index (κ3) is 3.65. The van der Waals surface area contributed by atoms with Gasteiger partial charge in [-0.25, -0.2) is 0 Å². The van der Waals surface area contributed by atoms with Crippen LogP contribution in [-0.2, 0) is 9.59 Å². The number of methoxy groups -OCH3 is 2. The number of thiocarbonyl (C=S) groups is 1. The number of benzene rings is 2. The number of ether oxygens (including phenoxy) is 2. The summed E-state index contributed by atoms with van der Waals surface area (Å²) < 4.78 is 10.4. The number of nitrogens with one attached hydrogen (secondary N) is 1. The maximum atomic E-state index is 12.9. The van der Waals surface area contributed by atoms with Crippen LogP contribution in [0.25, 0.3) is 6.08 Å². The number of hydrogen-bond donors (Lipinski definition) is 1. The van der Waals surface area contributed by atoms with Crippen LogP contribution in [0.5, 0.6) is 11.5 Å². The lowest BCUT2D eigenvalue weighted by Gasteiger charge is -2.28. The maximum absolute atomic E-state index is 12.9. The average Bonchev–Trinajstić information content (AvgIpc) is 2.65. The molecule has 1 aliphatic heterocycles. The van der Waals surface area contributed by atoms with E-state index in [1.165, 1.54) is 25.2 Å². The molecule has 1 N–H and O–H groups in total. The first-order chi connectivity index (χ1) is 13.0. The zero-order valence-corrected chi connectivity index (χ0v) is 16.1. The minimum absolute atomic E-state index is 0.0266. The van der Waals surface area contributed by atoms with Crippen molar-refractivity contribution in [1.82, 2.24) is 5.32 Å². The number of anilines is 1. The van der Waals surface area contributed by atoms with Crippen LogP contribution in [0, 0.1) is 0 Å². The summed E-state index contributed by atoms with van der Waals surface area (Å²) in [5.41, 5.74) is 0.997. The monoisotopic (exact) mass is 402 g/mol. The van der Waals surface area contributed by atoms with E-state index >= 15 is 0 Å². The summed E-state index contributed by atoms with van der Waals surface area (Å²) >= 11 is 11.4. The van der Waals surface area contributed by atoms with Crippen LogP contribution in [0.1, 0.15) is 5.56 Å². The average molecular weight is 403 g/mol. The molecule has 27 heavy (non-hydrogen) atoms. The number of nitrogens with zero attached hydrogens (tertiary/aromatic N) is 1. The van der Waals surface area contributed by atoms with Crippen LogP contribution < -0.4 is 19.7 Å². The zero-order chi connectivity index (χ0) is 19.6. The van der Waals surface area contributed by atoms with Crippen LogP contribution in [0.2, 0.25) is 5.02 Å².